The molecule has 1 N–H and O–H groups in total. The van der Waals surface area contributed by atoms with Crippen molar-refractivity contribution < 1.29 is 9.90 Å². The van der Waals surface area contributed by atoms with Crippen molar-refractivity contribution in [3.63, 3.8) is 0 Å². The van der Waals surface area contributed by atoms with Crippen LogP contribution in [-0.4, -0.2) is 11.1 Å². The Labute approximate surface area is 96.3 Å². The standard InChI is InChI=1S/C14H18O2/c1-10-12(9-14(15)16)7-4-8-13(10)11-5-2-3-6-11/h4,7-8,11H,2-3,5-6,9H2,1H3,(H,15,16). The Kier molecular flexibility index (Phi) is 3.28. The normalized spacial score (nSPS) is 16.6. The SMILES string of the molecule is Cc1c(CC(=O)O)cccc1C1CCCC1. The second kappa shape index (κ2) is 4.69. The minimum atomic E-state index is -0.744. The van der Waals surface area contributed by atoms with Crippen LogP contribution in [-0.2, 0) is 11.2 Å². The molecule has 2 nitrogen and oxygen atoms in total. The van der Waals surface area contributed by atoms with E-state index in [0.717, 1.165) is 5.56 Å². The molecule has 0 aromatic heterocycles. The third-order valence-electron chi connectivity index (χ3n) is 3.62. The topological polar surface area (TPSA) is 37.3 Å². The first-order valence-electron chi connectivity index (χ1n) is 5.98. The van der Waals surface area contributed by atoms with Crippen LogP contribution in [0, 0.1) is 6.92 Å². The lowest BCUT2D eigenvalue weighted by Crippen LogP contribution is -2.05. The quantitative estimate of drug-likeness (QED) is 0.845. The number of aliphatic carboxylic acids is 1. The zero-order valence-corrected chi connectivity index (χ0v) is 9.70. The van der Waals surface area contributed by atoms with E-state index in [0.29, 0.717) is 5.92 Å². The van der Waals surface area contributed by atoms with Gasteiger partial charge in [0.2, 0.25) is 0 Å². The molecule has 0 unspecified atom stereocenters. The van der Waals surface area contributed by atoms with Gasteiger partial charge < -0.3 is 5.11 Å². The van der Waals surface area contributed by atoms with E-state index in [1.54, 1.807) is 0 Å². The summed E-state index contributed by atoms with van der Waals surface area (Å²) in [6.07, 6.45) is 5.29. The van der Waals surface area contributed by atoms with Gasteiger partial charge in [-0.05, 0) is 42.4 Å². The number of carbonyl (C=O) groups is 1. The van der Waals surface area contributed by atoms with Crippen LogP contribution in [0.3, 0.4) is 0 Å². The molecule has 0 atom stereocenters. The van der Waals surface area contributed by atoms with Crippen LogP contribution in [0.5, 0.6) is 0 Å². The van der Waals surface area contributed by atoms with Crippen LogP contribution in [0.15, 0.2) is 18.2 Å². The first kappa shape index (κ1) is 11.2. The molecule has 1 aliphatic rings. The summed E-state index contributed by atoms with van der Waals surface area (Å²) in [5.41, 5.74) is 3.53. The molecule has 1 saturated carbocycles. The molecule has 1 fully saturated rings. The highest BCUT2D eigenvalue weighted by atomic mass is 16.4. The Morgan fingerprint density at radius 2 is 2.06 bits per heavy atom. The monoisotopic (exact) mass is 218 g/mol. The lowest BCUT2D eigenvalue weighted by Gasteiger charge is -2.15. The molecule has 0 saturated heterocycles. The van der Waals surface area contributed by atoms with E-state index in [9.17, 15) is 4.79 Å². The number of hydrogen-bond donors (Lipinski definition) is 1. The lowest BCUT2D eigenvalue weighted by molar-refractivity contribution is -0.136. The van der Waals surface area contributed by atoms with E-state index in [4.69, 9.17) is 5.11 Å². The van der Waals surface area contributed by atoms with Gasteiger partial charge in [-0.15, -0.1) is 0 Å². The van der Waals surface area contributed by atoms with E-state index >= 15 is 0 Å². The van der Waals surface area contributed by atoms with Crippen LogP contribution >= 0.6 is 0 Å². The van der Waals surface area contributed by atoms with Gasteiger partial charge in [0.15, 0.2) is 0 Å². The number of rotatable bonds is 3. The Bertz CT molecular complexity index is 390. The first-order valence-corrected chi connectivity index (χ1v) is 5.98. The van der Waals surface area contributed by atoms with Gasteiger partial charge in [0.25, 0.3) is 0 Å². The highest BCUT2D eigenvalue weighted by molar-refractivity contribution is 5.71. The molecule has 0 aliphatic heterocycles. The fourth-order valence-electron chi connectivity index (χ4n) is 2.74. The van der Waals surface area contributed by atoms with E-state index in [2.05, 4.69) is 13.0 Å². The van der Waals surface area contributed by atoms with Gasteiger partial charge in [0.05, 0.1) is 6.42 Å². The fourth-order valence-corrected chi connectivity index (χ4v) is 2.74. The number of benzene rings is 1. The van der Waals surface area contributed by atoms with Crippen molar-refractivity contribution in [3.8, 4) is 0 Å². The van der Waals surface area contributed by atoms with Crippen LogP contribution in [0.25, 0.3) is 0 Å². The summed E-state index contributed by atoms with van der Waals surface area (Å²) >= 11 is 0. The zero-order chi connectivity index (χ0) is 11.5. The van der Waals surface area contributed by atoms with Crippen molar-refractivity contribution in [2.75, 3.05) is 0 Å². The van der Waals surface area contributed by atoms with Gasteiger partial charge in [-0.2, -0.15) is 0 Å². The van der Waals surface area contributed by atoms with Gasteiger partial charge in [0, 0.05) is 0 Å². The Morgan fingerprint density at radius 3 is 2.69 bits per heavy atom. The Hall–Kier alpha value is -1.31. The summed E-state index contributed by atoms with van der Waals surface area (Å²) < 4.78 is 0. The number of carboxylic acid groups (broad SMARTS) is 1. The van der Waals surface area contributed by atoms with Crippen molar-refractivity contribution in [1.29, 1.82) is 0 Å². The van der Waals surface area contributed by atoms with Crippen molar-refractivity contribution in [2.24, 2.45) is 0 Å². The summed E-state index contributed by atoms with van der Waals surface area (Å²) in [4.78, 5) is 10.8. The maximum atomic E-state index is 10.8. The van der Waals surface area contributed by atoms with Gasteiger partial charge in [-0.3, -0.25) is 4.79 Å². The van der Waals surface area contributed by atoms with E-state index in [1.807, 2.05) is 12.1 Å². The van der Waals surface area contributed by atoms with Gasteiger partial charge in [-0.1, -0.05) is 31.0 Å². The van der Waals surface area contributed by atoms with Crippen molar-refractivity contribution >= 4 is 5.97 Å². The molecule has 1 aromatic rings. The summed E-state index contributed by atoms with van der Waals surface area (Å²) in [5.74, 6) is -0.0829. The van der Waals surface area contributed by atoms with Crippen LogP contribution < -0.4 is 0 Å². The van der Waals surface area contributed by atoms with Crippen molar-refractivity contribution in [3.05, 3.63) is 34.9 Å². The predicted octanol–water partition coefficient (Wildman–Crippen LogP) is 3.28. The molecular weight excluding hydrogens is 200 g/mol. The van der Waals surface area contributed by atoms with Gasteiger partial charge in [-0.25, -0.2) is 0 Å². The average molecular weight is 218 g/mol. The second-order valence-electron chi connectivity index (χ2n) is 4.68. The third kappa shape index (κ3) is 2.26. The summed E-state index contributed by atoms with van der Waals surface area (Å²) in [5, 5.41) is 8.85. The maximum absolute atomic E-state index is 10.8. The maximum Gasteiger partial charge on any atom is 0.307 e. The van der Waals surface area contributed by atoms with Gasteiger partial charge in [0.1, 0.15) is 0 Å². The van der Waals surface area contributed by atoms with Crippen molar-refractivity contribution in [2.45, 2.75) is 44.9 Å². The molecule has 0 amide bonds. The predicted molar refractivity (Wildman–Crippen MR) is 63.7 cm³/mol. The van der Waals surface area contributed by atoms with E-state index < -0.39 is 5.97 Å². The molecule has 1 aliphatic carbocycles. The molecule has 0 spiro atoms. The molecule has 16 heavy (non-hydrogen) atoms. The fraction of sp³-hybridized carbons (Fsp3) is 0.500. The minimum absolute atomic E-state index is 0.145. The summed E-state index contributed by atoms with van der Waals surface area (Å²) in [7, 11) is 0. The Balaban J connectivity index is 2.28. The lowest BCUT2D eigenvalue weighted by atomic mass is 9.90. The third-order valence-corrected chi connectivity index (χ3v) is 3.62. The molecular formula is C14H18O2. The summed E-state index contributed by atoms with van der Waals surface area (Å²) in [6.45, 7) is 2.06. The average Bonchev–Trinajstić information content (AvgIpc) is 2.73. The van der Waals surface area contributed by atoms with Gasteiger partial charge >= 0.3 is 5.97 Å². The minimum Gasteiger partial charge on any atom is -0.481 e. The summed E-state index contributed by atoms with van der Waals surface area (Å²) in [6, 6.07) is 6.09. The molecule has 2 heteroatoms. The second-order valence-corrected chi connectivity index (χ2v) is 4.68. The largest absolute Gasteiger partial charge is 0.481 e. The van der Waals surface area contributed by atoms with Crippen molar-refractivity contribution in [1.82, 2.24) is 0 Å². The highest BCUT2D eigenvalue weighted by Crippen LogP contribution is 2.36. The molecule has 2 rings (SSSR count). The van der Waals surface area contributed by atoms with Crippen LogP contribution in [0.2, 0.25) is 0 Å². The van der Waals surface area contributed by atoms with E-state index in [-0.39, 0.29) is 6.42 Å². The molecule has 0 radical (unpaired) electrons. The smallest absolute Gasteiger partial charge is 0.307 e. The number of carboxylic acids is 1. The van der Waals surface area contributed by atoms with E-state index in [1.165, 1.54) is 36.8 Å². The molecule has 86 valence electrons. The Morgan fingerprint density at radius 1 is 1.38 bits per heavy atom. The highest BCUT2D eigenvalue weighted by Gasteiger charge is 2.19. The molecule has 1 aromatic carbocycles. The number of hydrogen-bond acceptors (Lipinski definition) is 1. The van der Waals surface area contributed by atoms with Crippen LogP contribution in [0.4, 0.5) is 0 Å². The molecule has 0 bridgehead atoms. The zero-order valence-electron chi connectivity index (χ0n) is 9.70. The van der Waals surface area contributed by atoms with Crippen LogP contribution in [0.1, 0.15) is 48.3 Å². The first-order chi connectivity index (χ1) is 7.68. The molecule has 0 heterocycles.